The van der Waals surface area contributed by atoms with Gasteiger partial charge in [-0.05, 0) is 41.7 Å². The summed E-state index contributed by atoms with van der Waals surface area (Å²) in [5.74, 6) is -0.0537. The van der Waals surface area contributed by atoms with Crippen LogP contribution in [0.25, 0.3) is 0 Å². The minimum atomic E-state index is -0.140. The Morgan fingerprint density at radius 2 is 2.27 bits per heavy atom. The van der Waals surface area contributed by atoms with Gasteiger partial charge in [0.25, 0.3) is 0 Å². The summed E-state index contributed by atoms with van der Waals surface area (Å²) in [6, 6.07) is 2.03. The number of amides is 2. The Hall–Kier alpha value is -1.40. The lowest BCUT2D eigenvalue weighted by atomic mass is 10.0. The average molecular weight is 324 g/mol. The second-order valence-electron chi connectivity index (χ2n) is 5.81. The Balaban J connectivity index is 1.74. The monoisotopic (exact) mass is 324 g/mol. The fourth-order valence-electron chi connectivity index (χ4n) is 2.64. The molecule has 0 bridgehead atoms. The maximum Gasteiger partial charge on any atom is 0.239 e. The van der Waals surface area contributed by atoms with Crippen LogP contribution in [0.3, 0.4) is 0 Å². The van der Waals surface area contributed by atoms with Crippen LogP contribution in [-0.2, 0) is 16.0 Å². The number of nitrogens with zero attached hydrogens (tertiary/aromatic N) is 1. The number of aliphatic hydroxyl groups excluding tert-OH is 1. The minimum absolute atomic E-state index is 0.0124. The van der Waals surface area contributed by atoms with Gasteiger partial charge >= 0.3 is 0 Å². The third-order valence-corrected chi connectivity index (χ3v) is 4.69. The van der Waals surface area contributed by atoms with Crippen LogP contribution < -0.4 is 5.32 Å². The third kappa shape index (κ3) is 5.42. The zero-order valence-corrected chi connectivity index (χ0v) is 13.6. The van der Waals surface area contributed by atoms with E-state index in [-0.39, 0.29) is 30.9 Å². The van der Waals surface area contributed by atoms with Crippen molar-refractivity contribution in [2.45, 2.75) is 32.1 Å². The lowest BCUT2D eigenvalue weighted by Crippen LogP contribution is -2.42. The predicted molar refractivity (Wildman–Crippen MR) is 86.7 cm³/mol. The minimum Gasteiger partial charge on any atom is -0.396 e. The van der Waals surface area contributed by atoms with E-state index in [2.05, 4.69) is 10.7 Å². The van der Waals surface area contributed by atoms with Gasteiger partial charge in [0.1, 0.15) is 0 Å². The average Bonchev–Trinajstić information content (AvgIpc) is 2.94. The molecule has 2 N–H and O–H groups in total. The molecule has 0 aromatic carbocycles. The molecule has 122 valence electrons. The van der Waals surface area contributed by atoms with Gasteiger partial charge in [-0.2, -0.15) is 11.3 Å². The number of hydrogen-bond donors (Lipinski definition) is 2. The normalized spacial score (nSPS) is 17.1. The number of aliphatic hydroxyl groups is 1. The van der Waals surface area contributed by atoms with Crippen molar-refractivity contribution in [1.29, 1.82) is 0 Å². The van der Waals surface area contributed by atoms with Crippen LogP contribution in [0, 0.1) is 5.92 Å². The van der Waals surface area contributed by atoms with Crippen molar-refractivity contribution in [2.75, 3.05) is 26.2 Å². The summed E-state index contributed by atoms with van der Waals surface area (Å²) in [5.41, 5.74) is 1.18. The summed E-state index contributed by atoms with van der Waals surface area (Å²) in [6.07, 6.45) is 4.24. The first-order valence-electron chi connectivity index (χ1n) is 7.85. The number of carbonyl (C=O) groups is 2. The van der Waals surface area contributed by atoms with Crippen molar-refractivity contribution in [2.24, 2.45) is 5.92 Å². The summed E-state index contributed by atoms with van der Waals surface area (Å²) < 4.78 is 0. The third-order valence-electron chi connectivity index (χ3n) is 3.96. The van der Waals surface area contributed by atoms with Crippen LogP contribution in [0.4, 0.5) is 0 Å². The van der Waals surface area contributed by atoms with E-state index in [1.54, 1.807) is 16.2 Å². The second-order valence-corrected chi connectivity index (χ2v) is 6.59. The molecule has 1 aliphatic heterocycles. The highest BCUT2D eigenvalue weighted by Crippen LogP contribution is 2.12. The summed E-state index contributed by atoms with van der Waals surface area (Å²) in [6.45, 7) is 1.28. The van der Waals surface area contributed by atoms with E-state index < -0.39 is 0 Å². The highest BCUT2D eigenvalue weighted by molar-refractivity contribution is 7.07. The quantitative estimate of drug-likeness (QED) is 0.797. The van der Waals surface area contributed by atoms with Crippen LogP contribution in [0.5, 0.6) is 0 Å². The molecule has 0 aliphatic carbocycles. The highest BCUT2D eigenvalue weighted by Gasteiger charge is 2.19. The van der Waals surface area contributed by atoms with E-state index in [0.717, 1.165) is 25.7 Å². The number of carbonyl (C=O) groups excluding carboxylic acids is 2. The molecule has 2 heterocycles. The molecule has 1 unspecified atom stereocenters. The fraction of sp³-hybridized carbons (Fsp3) is 0.625. The van der Waals surface area contributed by atoms with Gasteiger partial charge in [-0.1, -0.05) is 6.42 Å². The van der Waals surface area contributed by atoms with Gasteiger partial charge in [-0.3, -0.25) is 9.59 Å². The van der Waals surface area contributed by atoms with Gasteiger partial charge in [0.15, 0.2) is 0 Å². The predicted octanol–water partition coefficient (Wildman–Crippen LogP) is 1.42. The molecule has 1 fully saturated rings. The van der Waals surface area contributed by atoms with E-state index in [1.807, 2.05) is 11.4 Å². The zero-order chi connectivity index (χ0) is 15.8. The van der Waals surface area contributed by atoms with Crippen LogP contribution in [0.15, 0.2) is 16.8 Å². The highest BCUT2D eigenvalue weighted by atomic mass is 32.1. The van der Waals surface area contributed by atoms with Crippen molar-refractivity contribution in [3.63, 3.8) is 0 Å². The van der Waals surface area contributed by atoms with Crippen molar-refractivity contribution >= 4 is 23.2 Å². The Morgan fingerprint density at radius 3 is 3.00 bits per heavy atom. The van der Waals surface area contributed by atoms with E-state index in [1.165, 1.54) is 5.56 Å². The molecule has 22 heavy (non-hydrogen) atoms. The summed E-state index contributed by atoms with van der Waals surface area (Å²) >= 11 is 1.63. The largest absolute Gasteiger partial charge is 0.396 e. The van der Waals surface area contributed by atoms with Gasteiger partial charge < -0.3 is 15.3 Å². The van der Waals surface area contributed by atoms with Crippen LogP contribution in [-0.4, -0.2) is 48.1 Å². The fourth-order valence-corrected chi connectivity index (χ4v) is 3.32. The van der Waals surface area contributed by atoms with Crippen molar-refractivity contribution in [1.82, 2.24) is 10.2 Å². The molecule has 0 spiro atoms. The molecule has 0 radical (unpaired) electrons. The van der Waals surface area contributed by atoms with Gasteiger partial charge in [-0.25, -0.2) is 0 Å². The summed E-state index contributed by atoms with van der Waals surface area (Å²) in [4.78, 5) is 25.5. The van der Waals surface area contributed by atoms with Gasteiger partial charge in [0, 0.05) is 32.0 Å². The topological polar surface area (TPSA) is 69.6 Å². The Kier molecular flexibility index (Phi) is 6.86. The second kappa shape index (κ2) is 8.90. The molecule has 1 aliphatic rings. The van der Waals surface area contributed by atoms with Crippen molar-refractivity contribution in [3.8, 4) is 0 Å². The molecular weight excluding hydrogens is 300 g/mol. The molecule has 2 rings (SSSR count). The molecule has 6 heteroatoms. The first-order chi connectivity index (χ1) is 10.7. The van der Waals surface area contributed by atoms with Gasteiger partial charge in [-0.15, -0.1) is 0 Å². The standard InChI is InChI=1S/C16H24N2O3S/c19-11-14(8-13-5-7-22-12-13)9-17-15(20)10-18-6-3-1-2-4-16(18)21/h5,7,12,14,19H,1-4,6,8-11H2,(H,17,20). The molecular formula is C16H24N2O3S. The van der Waals surface area contributed by atoms with E-state index in [0.29, 0.717) is 19.5 Å². The van der Waals surface area contributed by atoms with E-state index in [4.69, 9.17) is 0 Å². The Labute approximate surface area is 135 Å². The number of rotatable bonds is 7. The van der Waals surface area contributed by atoms with E-state index >= 15 is 0 Å². The number of nitrogens with one attached hydrogen (secondary N) is 1. The van der Waals surface area contributed by atoms with Gasteiger partial charge in [0.05, 0.1) is 6.54 Å². The first kappa shape index (κ1) is 17.0. The summed E-state index contributed by atoms with van der Waals surface area (Å²) in [7, 11) is 0. The lowest BCUT2D eigenvalue weighted by molar-refractivity contribution is -0.135. The first-order valence-corrected chi connectivity index (χ1v) is 8.79. The maximum atomic E-state index is 12.0. The van der Waals surface area contributed by atoms with Crippen LogP contribution in [0.1, 0.15) is 31.2 Å². The van der Waals surface area contributed by atoms with E-state index in [9.17, 15) is 14.7 Å². The SMILES string of the molecule is O=C(CN1CCCCCC1=O)NCC(CO)Cc1ccsc1. The van der Waals surface area contributed by atoms with Crippen molar-refractivity contribution in [3.05, 3.63) is 22.4 Å². The molecule has 1 aromatic rings. The Morgan fingerprint density at radius 1 is 1.41 bits per heavy atom. The molecule has 2 amide bonds. The lowest BCUT2D eigenvalue weighted by Gasteiger charge is -2.21. The number of likely N-dealkylation sites (tertiary alicyclic amines) is 1. The maximum absolute atomic E-state index is 12.0. The van der Waals surface area contributed by atoms with Gasteiger partial charge in [0.2, 0.25) is 11.8 Å². The van der Waals surface area contributed by atoms with Crippen LogP contribution >= 0.6 is 11.3 Å². The molecule has 1 aromatic heterocycles. The molecule has 5 nitrogen and oxygen atoms in total. The summed E-state index contributed by atoms with van der Waals surface area (Å²) in [5, 5.41) is 16.3. The molecule has 1 atom stereocenters. The number of hydrogen-bond acceptors (Lipinski definition) is 4. The number of thiophene rings is 1. The van der Waals surface area contributed by atoms with Crippen LogP contribution in [0.2, 0.25) is 0 Å². The smallest absolute Gasteiger partial charge is 0.239 e. The van der Waals surface area contributed by atoms with Crippen molar-refractivity contribution < 1.29 is 14.7 Å². The molecule has 0 saturated carbocycles. The Bertz CT molecular complexity index is 476. The molecule has 1 saturated heterocycles. The zero-order valence-electron chi connectivity index (χ0n) is 12.8.